The van der Waals surface area contributed by atoms with Crippen molar-refractivity contribution in [2.75, 3.05) is 4.90 Å². The van der Waals surface area contributed by atoms with E-state index in [2.05, 4.69) is 6.07 Å². The number of hydrogen-bond acceptors (Lipinski definition) is 6. The van der Waals surface area contributed by atoms with Crippen molar-refractivity contribution in [2.24, 2.45) is 5.73 Å². The van der Waals surface area contributed by atoms with Crippen LogP contribution in [0.3, 0.4) is 0 Å². The van der Waals surface area contributed by atoms with E-state index in [1.54, 1.807) is 23.1 Å². The molecule has 0 fully saturated rings. The van der Waals surface area contributed by atoms with E-state index >= 15 is 0 Å². The van der Waals surface area contributed by atoms with Gasteiger partial charge in [0.1, 0.15) is 11.5 Å². The number of nitro groups is 1. The number of anilines is 1. The largest absolute Gasteiger partial charge is 0.384 e. The summed E-state index contributed by atoms with van der Waals surface area (Å²) >= 11 is 0. The highest BCUT2D eigenvalue weighted by Crippen LogP contribution is 2.48. The van der Waals surface area contributed by atoms with Crippen molar-refractivity contribution < 1.29 is 9.72 Å². The molecule has 7 nitrogen and oxygen atoms in total. The number of rotatable bonds is 3. The van der Waals surface area contributed by atoms with Crippen LogP contribution in [0, 0.1) is 35.3 Å². The van der Waals surface area contributed by atoms with Gasteiger partial charge in [-0.2, -0.15) is 5.26 Å². The number of hydrogen-bond donors (Lipinski definition) is 1. The van der Waals surface area contributed by atoms with E-state index in [0.29, 0.717) is 30.5 Å². The molecule has 1 aliphatic heterocycles. The maximum absolute atomic E-state index is 13.2. The Morgan fingerprint density at radius 3 is 2.61 bits per heavy atom. The zero-order valence-corrected chi connectivity index (χ0v) is 17.4. The number of ketones is 1. The molecule has 1 unspecified atom stereocenters. The summed E-state index contributed by atoms with van der Waals surface area (Å²) in [5.74, 6) is -0.488. The zero-order chi connectivity index (χ0) is 22.3. The number of Topliss-reactive ketones (excluding diaryl/α,β-unsaturated/α-hetero) is 1. The highest BCUT2D eigenvalue weighted by molar-refractivity contribution is 6.01. The lowest BCUT2D eigenvalue weighted by atomic mass is 9.74. The standard InChI is InChI=1S/C24H22N4O3/c1-14-10-11-16(15(2)12-14)22-17(13-25)24(26)27(20-8-5-9-21(29)23(20)22)18-6-3-4-7-19(18)28(30)31/h3-4,6-7,10-12,22H,5,8-9,26H2,1-2H3. The van der Waals surface area contributed by atoms with Crippen molar-refractivity contribution in [1.82, 2.24) is 0 Å². The lowest BCUT2D eigenvalue weighted by molar-refractivity contribution is -0.384. The maximum atomic E-state index is 13.2. The molecule has 2 aromatic carbocycles. The number of carbonyl (C=O) groups excluding carboxylic acids is 1. The monoisotopic (exact) mass is 414 g/mol. The van der Waals surface area contributed by atoms with Gasteiger partial charge in [-0.25, -0.2) is 0 Å². The van der Waals surface area contributed by atoms with Crippen molar-refractivity contribution in [3.8, 4) is 6.07 Å². The Morgan fingerprint density at radius 1 is 1.19 bits per heavy atom. The number of aryl methyl sites for hydroxylation is 2. The van der Waals surface area contributed by atoms with Gasteiger partial charge in [-0.1, -0.05) is 35.9 Å². The van der Waals surface area contributed by atoms with E-state index in [4.69, 9.17) is 5.73 Å². The van der Waals surface area contributed by atoms with Crippen LogP contribution in [0.15, 0.2) is 65.1 Å². The van der Waals surface area contributed by atoms with Crippen molar-refractivity contribution in [3.05, 3.63) is 91.9 Å². The van der Waals surface area contributed by atoms with Crippen molar-refractivity contribution >= 4 is 17.2 Å². The normalized spacial score (nSPS) is 18.7. The van der Waals surface area contributed by atoms with Crippen molar-refractivity contribution in [3.63, 3.8) is 0 Å². The van der Waals surface area contributed by atoms with Crippen LogP contribution >= 0.6 is 0 Å². The van der Waals surface area contributed by atoms with Crippen molar-refractivity contribution in [2.45, 2.75) is 39.0 Å². The molecule has 0 radical (unpaired) electrons. The maximum Gasteiger partial charge on any atom is 0.293 e. The molecule has 156 valence electrons. The third-order valence-corrected chi connectivity index (χ3v) is 5.97. The molecule has 31 heavy (non-hydrogen) atoms. The van der Waals surface area contributed by atoms with Gasteiger partial charge in [-0.05, 0) is 43.9 Å². The molecule has 1 aliphatic carbocycles. The van der Waals surface area contributed by atoms with Gasteiger partial charge in [0.15, 0.2) is 5.78 Å². The zero-order valence-electron chi connectivity index (χ0n) is 17.4. The first-order valence-electron chi connectivity index (χ1n) is 10.1. The first kappa shape index (κ1) is 20.4. The van der Waals surface area contributed by atoms with E-state index in [1.807, 2.05) is 32.0 Å². The topological polar surface area (TPSA) is 113 Å². The molecule has 1 atom stereocenters. The second kappa shape index (κ2) is 7.73. The van der Waals surface area contributed by atoms with E-state index in [9.17, 15) is 20.2 Å². The van der Waals surface area contributed by atoms with Crippen LogP contribution in [-0.2, 0) is 4.79 Å². The molecule has 2 aromatic rings. The fraction of sp³-hybridized carbons (Fsp3) is 0.250. The van der Waals surface area contributed by atoms with Crippen LogP contribution in [0.25, 0.3) is 0 Å². The Bertz CT molecular complexity index is 1220. The number of nitrogens with zero attached hydrogens (tertiary/aromatic N) is 3. The number of allylic oxidation sites excluding steroid dienone is 3. The number of carbonyl (C=O) groups is 1. The van der Waals surface area contributed by atoms with E-state index in [1.165, 1.54) is 6.07 Å². The van der Waals surface area contributed by atoms with Crippen LogP contribution in [0.1, 0.15) is 41.9 Å². The molecular formula is C24H22N4O3. The van der Waals surface area contributed by atoms with Gasteiger partial charge in [0, 0.05) is 23.8 Å². The highest BCUT2D eigenvalue weighted by atomic mass is 16.6. The molecule has 0 spiro atoms. The minimum absolute atomic E-state index is 0.0462. The third-order valence-electron chi connectivity index (χ3n) is 5.97. The lowest BCUT2D eigenvalue weighted by Gasteiger charge is -2.39. The van der Waals surface area contributed by atoms with Gasteiger partial charge in [-0.3, -0.25) is 19.8 Å². The predicted octanol–water partition coefficient (Wildman–Crippen LogP) is 4.52. The van der Waals surface area contributed by atoms with Gasteiger partial charge in [0.25, 0.3) is 5.69 Å². The molecule has 2 N–H and O–H groups in total. The minimum Gasteiger partial charge on any atom is -0.384 e. The molecule has 0 saturated heterocycles. The average Bonchev–Trinajstić information content (AvgIpc) is 2.73. The number of nitro benzene ring substituents is 1. The first-order chi connectivity index (χ1) is 14.8. The third kappa shape index (κ3) is 3.26. The fourth-order valence-corrected chi connectivity index (χ4v) is 4.63. The Kier molecular flexibility index (Phi) is 5.07. The lowest BCUT2D eigenvalue weighted by Crippen LogP contribution is -2.39. The van der Waals surface area contributed by atoms with Gasteiger partial charge in [0.2, 0.25) is 0 Å². The predicted molar refractivity (Wildman–Crippen MR) is 117 cm³/mol. The summed E-state index contributed by atoms with van der Waals surface area (Å²) in [5, 5.41) is 21.8. The van der Waals surface area contributed by atoms with Gasteiger partial charge in [-0.15, -0.1) is 0 Å². The Morgan fingerprint density at radius 2 is 1.94 bits per heavy atom. The summed E-state index contributed by atoms with van der Waals surface area (Å²) in [4.78, 5) is 25.9. The number of nitrogens with two attached hydrogens (primary N) is 1. The Balaban J connectivity index is 2.02. The SMILES string of the molecule is Cc1ccc(C2C(C#N)=C(N)N(c3ccccc3[N+](=O)[O-])C3=C2C(=O)CCC3)c(C)c1. The van der Waals surface area contributed by atoms with Crippen LogP contribution in [-0.4, -0.2) is 10.7 Å². The summed E-state index contributed by atoms with van der Waals surface area (Å²) in [6, 6.07) is 14.4. The average molecular weight is 414 g/mol. The summed E-state index contributed by atoms with van der Waals surface area (Å²) in [7, 11) is 0. The number of benzene rings is 2. The number of para-hydroxylation sites is 2. The molecule has 0 bridgehead atoms. The van der Waals surface area contributed by atoms with E-state index < -0.39 is 10.8 Å². The first-order valence-corrected chi connectivity index (χ1v) is 10.1. The van der Waals surface area contributed by atoms with Crippen molar-refractivity contribution in [1.29, 1.82) is 5.26 Å². The molecular weight excluding hydrogens is 392 g/mol. The highest BCUT2D eigenvalue weighted by Gasteiger charge is 2.42. The molecule has 1 heterocycles. The van der Waals surface area contributed by atoms with E-state index in [0.717, 1.165) is 16.7 Å². The smallest absolute Gasteiger partial charge is 0.293 e. The molecule has 2 aliphatic rings. The molecule has 7 heteroatoms. The van der Waals surface area contributed by atoms with Crippen LogP contribution < -0.4 is 10.6 Å². The van der Waals surface area contributed by atoms with Gasteiger partial charge in [0.05, 0.1) is 22.5 Å². The molecule has 0 aromatic heterocycles. The van der Waals surface area contributed by atoms with Gasteiger partial charge < -0.3 is 5.73 Å². The molecule has 0 saturated carbocycles. The number of nitriles is 1. The summed E-state index contributed by atoms with van der Waals surface area (Å²) < 4.78 is 0. The van der Waals surface area contributed by atoms with Crippen LogP contribution in [0.5, 0.6) is 0 Å². The summed E-state index contributed by atoms with van der Waals surface area (Å²) in [6.45, 7) is 3.94. The van der Waals surface area contributed by atoms with E-state index in [-0.39, 0.29) is 28.6 Å². The second-order valence-corrected chi connectivity index (χ2v) is 7.92. The fourth-order valence-electron chi connectivity index (χ4n) is 4.63. The van der Waals surface area contributed by atoms with Crippen LogP contribution in [0.2, 0.25) is 0 Å². The molecule has 4 rings (SSSR count). The summed E-state index contributed by atoms with van der Waals surface area (Å²) in [6.07, 6.45) is 1.56. The quantitative estimate of drug-likeness (QED) is 0.584. The Labute approximate surface area is 180 Å². The second-order valence-electron chi connectivity index (χ2n) is 7.92. The van der Waals surface area contributed by atoms with Crippen LogP contribution in [0.4, 0.5) is 11.4 Å². The minimum atomic E-state index is -0.576. The van der Waals surface area contributed by atoms with Gasteiger partial charge >= 0.3 is 0 Å². The summed E-state index contributed by atoms with van der Waals surface area (Å²) in [5.41, 5.74) is 10.9. The Hall–Kier alpha value is -3.92. The molecule has 0 amide bonds.